The molecule has 1 nitrogen and oxygen atoms in total. The Balaban J connectivity index is 2.11. The standard InChI is InChI=1S/C18H31N/c1-4-14-19(15-5-2)16-8-6-7-9-18-12-10-17(3)11-13-18/h10-13H,4-9,14-16H2,1-3H3. The molecule has 1 aromatic carbocycles. The van der Waals surface area contributed by atoms with Crippen molar-refractivity contribution in [3.8, 4) is 0 Å². The van der Waals surface area contributed by atoms with Gasteiger partial charge in [0.25, 0.3) is 0 Å². The molecule has 0 atom stereocenters. The van der Waals surface area contributed by atoms with Crippen LogP contribution in [0.25, 0.3) is 0 Å². The van der Waals surface area contributed by atoms with E-state index in [4.69, 9.17) is 0 Å². The van der Waals surface area contributed by atoms with Gasteiger partial charge in [0.2, 0.25) is 0 Å². The minimum absolute atomic E-state index is 1.24. The third-order valence-electron chi connectivity index (χ3n) is 3.64. The van der Waals surface area contributed by atoms with Gasteiger partial charge in [-0.25, -0.2) is 0 Å². The van der Waals surface area contributed by atoms with E-state index in [9.17, 15) is 0 Å². The summed E-state index contributed by atoms with van der Waals surface area (Å²) in [5.74, 6) is 0. The fourth-order valence-electron chi connectivity index (χ4n) is 2.56. The summed E-state index contributed by atoms with van der Waals surface area (Å²) in [5, 5.41) is 0. The summed E-state index contributed by atoms with van der Waals surface area (Å²) in [6.07, 6.45) is 7.84. The van der Waals surface area contributed by atoms with E-state index >= 15 is 0 Å². The monoisotopic (exact) mass is 261 g/mol. The fraction of sp³-hybridized carbons (Fsp3) is 0.667. The molecule has 0 bridgehead atoms. The Morgan fingerprint density at radius 3 is 2.00 bits per heavy atom. The SMILES string of the molecule is CCCN(CCC)CCCCCc1ccc(C)cc1. The second kappa shape index (κ2) is 10.0. The van der Waals surface area contributed by atoms with Gasteiger partial charge in [-0.05, 0) is 64.2 Å². The van der Waals surface area contributed by atoms with E-state index in [-0.39, 0.29) is 0 Å². The molecule has 0 aromatic heterocycles. The molecule has 1 rings (SSSR count). The predicted octanol–water partition coefficient (Wildman–Crippen LogP) is 4.83. The molecule has 19 heavy (non-hydrogen) atoms. The topological polar surface area (TPSA) is 3.24 Å². The lowest BCUT2D eigenvalue weighted by molar-refractivity contribution is 0.268. The highest BCUT2D eigenvalue weighted by Crippen LogP contribution is 2.09. The van der Waals surface area contributed by atoms with Gasteiger partial charge in [-0.1, -0.05) is 50.1 Å². The van der Waals surface area contributed by atoms with Gasteiger partial charge in [0.05, 0.1) is 0 Å². The molecule has 0 aliphatic heterocycles. The number of rotatable bonds is 10. The maximum absolute atomic E-state index is 2.62. The first-order valence-electron chi connectivity index (χ1n) is 8.04. The van der Waals surface area contributed by atoms with Crippen LogP contribution >= 0.6 is 0 Å². The Bertz CT molecular complexity index is 309. The van der Waals surface area contributed by atoms with Gasteiger partial charge in [0.1, 0.15) is 0 Å². The molecular weight excluding hydrogens is 230 g/mol. The molecule has 0 saturated carbocycles. The third kappa shape index (κ3) is 7.37. The highest BCUT2D eigenvalue weighted by atomic mass is 15.1. The molecule has 0 N–H and O–H groups in total. The maximum atomic E-state index is 2.62. The first kappa shape index (κ1) is 16.2. The molecule has 0 unspecified atom stereocenters. The van der Waals surface area contributed by atoms with Crippen LogP contribution in [0.2, 0.25) is 0 Å². The first-order chi connectivity index (χ1) is 9.26. The van der Waals surface area contributed by atoms with Gasteiger partial charge in [-0.3, -0.25) is 0 Å². The van der Waals surface area contributed by atoms with E-state index in [1.165, 1.54) is 69.3 Å². The van der Waals surface area contributed by atoms with E-state index in [0.717, 1.165) is 0 Å². The zero-order valence-corrected chi connectivity index (χ0v) is 13.1. The molecule has 0 aliphatic rings. The molecule has 0 amide bonds. The summed E-state index contributed by atoms with van der Waals surface area (Å²) >= 11 is 0. The lowest BCUT2D eigenvalue weighted by Gasteiger charge is -2.20. The van der Waals surface area contributed by atoms with Crippen LogP contribution in [0.1, 0.15) is 57.1 Å². The molecule has 0 spiro atoms. The Kier molecular flexibility index (Phi) is 8.57. The Morgan fingerprint density at radius 1 is 0.789 bits per heavy atom. The van der Waals surface area contributed by atoms with Crippen LogP contribution in [-0.4, -0.2) is 24.5 Å². The van der Waals surface area contributed by atoms with Crippen molar-refractivity contribution in [3.63, 3.8) is 0 Å². The van der Waals surface area contributed by atoms with Crippen LogP contribution in [0, 0.1) is 6.92 Å². The third-order valence-corrected chi connectivity index (χ3v) is 3.64. The minimum Gasteiger partial charge on any atom is -0.303 e. The first-order valence-corrected chi connectivity index (χ1v) is 8.04. The second-order valence-corrected chi connectivity index (χ2v) is 5.64. The normalized spacial score (nSPS) is 11.2. The largest absolute Gasteiger partial charge is 0.303 e. The van der Waals surface area contributed by atoms with E-state index in [1.807, 2.05) is 0 Å². The summed E-state index contributed by atoms with van der Waals surface area (Å²) in [5.41, 5.74) is 2.85. The molecule has 0 fully saturated rings. The number of nitrogens with zero attached hydrogens (tertiary/aromatic N) is 1. The summed E-state index contributed by atoms with van der Waals surface area (Å²) < 4.78 is 0. The average Bonchev–Trinajstić information content (AvgIpc) is 2.41. The Morgan fingerprint density at radius 2 is 1.42 bits per heavy atom. The van der Waals surface area contributed by atoms with Crippen molar-refractivity contribution in [3.05, 3.63) is 35.4 Å². The van der Waals surface area contributed by atoms with E-state index in [2.05, 4.69) is 49.9 Å². The lowest BCUT2D eigenvalue weighted by Crippen LogP contribution is -2.26. The smallest absolute Gasteiger partial charge is 0.00187 e. The Hall–Kier alpha value is -0.820. The van der Waals surface area contributed by atoms with Crippen molar-refractivity contribution in [2.75, 3.05) is 19.6 Å². The molecule has 1 heteroatoms. The molecule has 108 valence electrons. The van der Waals surface area contributed by atoms with Gasteiger partial charge < -0.3 is 4.90 Å². The van der Waals surface area contributed by atoms with Crippen molar-refractivity contribution in [1.29, 1.82) is 0 Å². The molecule has 0 heterocycles. The van der Waals surface area contributed by atoms with Crippen LogP contribution in [0.15, 0.2) is 24.3 Å². The number of unbranched alkanes of at least 4 members (excludes halogenated alkanes) is 2. The zero-order chi connectivity index (χ0) is 13.9. The highest BCUT2D eigenvalue weighted by Gasteiger charge is 2.01. The summed E-state index contributed by atoms with van der Waals surface area (Å²) in [6, 6.07) is 8.99. The Labute approximate surface area is 120 Å². The van der Waals surface area contributed by atoms with Crippen molar-refractivity contribution >= 4 is 0 Å². The quantitative estimate of drug-likeness (QED) is 0.545. The lowest BCUT2D eigenvalue weighted by atomic mass is 10.1. The van der Waals surface area contributed by atoms with E-state index in [0.29, 0.717) is 0 Å². The molecule has 1 aromatic rings. The maximum Gasteiger partial charge on any atom is -0.00187 e. The number of hydrogen-bond donors (Lipinski definition) is 0. The summed E-state index contributed by atoms with van der Waals surface area (Å²) in [6.45, 7) is 10.5. The molecule has 0 radical (unpaired) electrons. The number of aryl methyl sites for hydroxylation is 2. The molecule has 0 aliphatic carbocycles. The summed E-state index contributed by atoms with van der Waals surface area (Å²) in [7, 11) is 0. The van der Waals surface area contributed by atoms with Crippen LogP contribution < -0.4 is 0 Å². The van der Waals surface area contributed by atoms with E-state index in [1.54, 1.807) is 0 Å². The molecule has 0 saturated heterocycles. The van der Waals surface area contributed by atoms with Crippen LogP contribution in [0.3, 0.4) is 0 Å². The van der Waals surface area contributed by atoms with Crippen molar-refractivity contribution < 1.29 is 0 Å². The van der Waals surface area contributed by atoms with E-state index < -0.39 is 0 Å². The van der Waals surface area contributed by atoms with Gasteiger partial charge in [-0.15, -0.1) is 0 Å². The highest BCUT2D eigenvalue weighted by molar-refractivity contribution is 5.21. The van der Waals surface area contributed by atoms with Crippen molar-refractivity contribution in [2.24, 2.45) is 0 Å². The van der Waals surface area contributed by atoms with Crippen molar-refractivity contribution in [1.82, 2.24) is 4.90 Å². The number of benzene rings is 1. The van der Waals surface area contributed by atoms with Gasteiger partial charge in [0, 0.05) is 0 Å². The van der Waals surface area contributed by atoms with Gasteiger partial charge >= 0.3 is 0 Å². The van der Waals surface area contributed by atoms with Gasteiger partial charge in [-0.2, -0.15) is 0 Å². The minimum atomic E-state index is 1.24. The summed E-state index contributed by atoms with van der Waals surface area (Å²) in [4.78, 5) is 2.62. The van der Waals surface area contributed by atoms with Gasteiger partial charge in [0.15, 0.2) is 0 Å². The second-order valence-electron chi connectivity index (χ2n) is 5.64. The average molecular weight is 261 g/mol. The predicted molar refractivity (Wildman–Crippen MR) is 85.8 cm³/mol. The fourth-order valence-corrected chi connectivity index (χ4v) is 2.56. The van der Waals surface area contributed by atoms with Crippen LogP contribution in [0.4, 0.5) is 0 Å². The zero-order valence-electron chi connectivity index (χ0n) is 13.1. The van der Waals surface area contributed by atoms with Crippen LogP contribution in [0.5, 0.6) is 0 Å². The number of hydrogen-bond acceptors (Lipinski definition) is 1. The molecular formula is C18H31N. The van der Waals surface area contributed by atoms with Crippen LogP contribution in [-0.2, 0) is 6.42 Å². The van der Waals surface area contributed by atoms with Crippen molar-refractivity contribution in [2.45, 2.75) is 59.3 Å².